The molecule has 1 heterocycles. The lowest BCUT2D eigenvalue weighted by Gasteiger charge is -2.14. The first-order valence-electron chi connectivity index (χ1n) is 6.16. The van der Waals surface area contributed by atoms with E-state index in [4.69, 9.17) is 14.9 Å². The lowest BCUT2D eigenvalue weighted by atomic mass is 10.2. The number of para-hydroxylation sites is 2. The first-order chi connectivity index (χ1) is 8.76. The molecular weight excluding hydrogens is 232 g/mol. The van der Waals surface area contributed by atoms with Gasteiger partial charge in [0.15, 0.2) is 5.58 Å². The maximum atomic E-state index is 11.7. The smallest absolute Gasteiger partial charge is 0.408 e. The molecule has 0 saturated heterocycles. The zero-order valence-electron chi connectivity index (χ0n) is 10.5. The quantitative estimate of drug-likeness (QED) is 0.840. The Morgan fingerprint density at radius 3 is 2.94 bits per heavy atom. The average Bonchev–Trinajstić information content (AvgIpc) is 2.70. The summed E-state index contributed by atoms with van der Waals surface area (Å²) in [6, 6.07) is 7.39. The largest absolute Gasteiger partial charge is 0.419 e. The second kappa shape index (κ2) is 5.84. The van der Waals surface area contributed by atoms with Crippen LogP contribution in [0.2, 0.25) is 0 Å². The van der Waals surface area contributed by atoms with Crippen molar-refractivity contribution in [2.75, 3.05) is 13.2 Å². The fourth-order valence-corrected chi connectivity index (χ4v) is 2.00. The van der Waals surface area contributed by atoms with Crippen LogP contribution in [0.15, 0.2) is 33.5 Å². The van der Waals surface area contributed by atoms with Crippen molar-refractivity contribution in [3.63, 3.8) is 0 Å². The van der Waals surface area contributed by atoms with Gasteiger partial charge in [-0.2, -0.15) is 0 Å². The van der Waals surface area contributed by atoms with E-state index in [9.17, 15) is 4.79 Å². The zero-order chi connectivity index (χ0) is 13.0. The van der Waals surface area contributed by atoms with Crippen molar-refractivity contribution in [3.8, 4) is 0 Å². The summed E-state index contributed by atoms with van der Waals surface area (Å²) < 4.78 is 12.3. The predicted molar refractivity (Wildman–Crippen MR) is 69.6 cm³/mol. The maximum Gasteiger partial charge on any atom is 0.419 e. The van der Waals surface area contributed by atoms with Crippen LogP contribution in [0, 0.1) is 0 Å². The number of ether oxygens (including phenoxy) is 1. The third kappa shape index (κ3) is 2.63. The van der Waals surface area contributed by atoms with E-state index in [0.717, 1.165) is 5.52 Å². The number of rotatable bonds is 6. The highest BCUT2D eigenvalue weighted by Crippen LogP contribution is 2.12. The highest BCUT2D eigenvalue weighted by Gasteiger charge is 2.11. The number of nitrogens with two attached hydrogens (primary N) is 1. The van der Waals surface area contributed by atoms with E-state index in [1.165, 1.54) is 0 Å². The Labute approximate surface area is 105 Å². The number of hydrogen-bond donors (Lipinski definition) is 1. The molecule has 2 aromatic rings. The minimum Gasteiger partial charge on any atom is -0.408 e. The molecule has 0 fully saturated rings. The van der Waals surface area contributed by atoms with Crippen molar-refractivity contribution in [2.24, 2.45) is 5.73 Å². The second-order valence-electron chi connectivity index (χ2n) is 4.09. The van der Waals surface area contributed by atoms with E-state index < -0.39 is 0 Å². The van der Waals surface area contributed by atoms with Crippen molar-refractivity contribution in [1.29, 1.82) is 0 Å². The third-order valence-corrected chi connectivity index (χ3v) is 2.91. The lowest BCUT2D eigenvalue weighted by molar-refractivity contribution is 0.0597. The number of benzene rings is 1. The van der Waals surface area contributed by atoms with Crippen LogP contribution in [-0.2, 0) is 11.3 Å². The summed E-state index contributed by atoms with van der Waals surface area (Å²) in [5.41, 5.74) is 7.04. The molecule has 18 heavy (non-hydrogen) atoms. The van der Waals surface area contributed by atoms with E-state index in [1.54, 1.807) is 10.6 Å². The highest BCUT2D eigenvalue weighted by molar-refractivity contribution is 5.72. The van der Waals surface area contributed by atoms with Gasteiger partial charge in [-0.25, -0.2) is 4.79 Å². The molecule has 0 aliphatic heterocycles. The third-order valence-electron chi connectivity index (χ3n) is 2.91. The summed E-state index contributed by atoms with van der Waals surface area (Å²) in [7, 11) is 0. The number of oxazole rings is 1. The van der Waals surface area contributed by atoms with Crippen LogP contribution in [0.3, 0.4) is 0 Å². The number of fused-ring (bicyclic) bond motifs is 1. The van der Waals surface area contributed by atoms with Crippen LogP contribution >= 0.6 is 0 Å². The summed E-state index contributed by atoms with van der Waals surface area (Å²) in [6.07, 6.45) is 0.684. The number of aromatic nitrogens is 1. The topological polar surface area (TPSA) is 70.4 Å². The molecule has 1 atom stereocenters. The number of aryl methyl sites for hydroxylation is 1. The van der Waals surface area contributed by atoms with Crippen LogP contribution in [0.25, 0.3) is 11.1 Å². The van der Waals surface area contributed by atoms with Gasteiger partial charge in [-0.3, -0.25) is 4.57 Å². The van der Waals surface area contributed by atoms with Crippen LogP contribution in [0.4, 0.5) is 0 Å². The maximum absolute atomic E-state index is 11.7. The van der Waals surface area contributed by atoms with Gasteiger partial charge in [0.25, 0.3) is 0 Å². The summed E-state index contributed by atoms with van der Waals surface area (Å²) in [6.45, 7) is 3.57. The standard InChI is InChI=1S/C13H18N2O3/c1-2-17-10(9-14)7-8-15-11-5-3-4-6-12(11)18-13(15)16/h3-6,10H,2,7-9,14H2,1H3. The molecule has 1 aromatic carbocycles. The molecule has 0 bridgehead atoms. The molecule has 0 radical (unpaired) electrons. The second-order valence-corrected chi connectivity index (χ2v) is 4.09. The van der Waals surface area contributed by atoms with Gasteiger partial charge in [0.2, 0.25) is 0 Å². The molecule has 0 amide bonds. The van der Waals surface area contributed by atoms with Crippen LogP contribution in [0.1, 0.15) is 13.3 Å². The molecule has 0 aliphatic carbocycles. The van der Waals surface area contributed by atoms with E-state index >= 15 is 0 Å². The van der Waals surface area contributed by atoms with Gasteiger partial charge in [0, 0.05) is 19.7 Å². The molecule has 5 heteroatoms. The van der Waals surface area contributed by atoms with Gasteiger partial charge in [-0.05, 0) is 25.5 Å². The van der Waals surface area contributed by atoms with E-state index in [0.29, 0.717) is 31.7 Å². The van der Waals surface area contributed by atoms with Crippen molar-refractivity contribution in [2.45, 2.75) is 26.0 Å². The summed E-state index contributed by atoms with van der Waals surface area (Å²) >= 11 is 0. The molecule has 0 saturated carbocycles. The number of hydrogen-bond acceptors (Lipinski definition) is 4. The molecule has 0 spiro atoms. The summed E-state index contributed by atoms with van der Waals surface area (Å²) in [4.78, 5) is 11.7. The van der Waals surface area contributed by atoms with E-state index in [2.05, 4.69) is 0 Å². The fraction of sp³-hybridized carbons (Fsp3) is 0.462. The Hall–Kier alpha value is -1.59. The van der Waals surface area contributed by atoms with Gasteiger partial charge in [-0.1, -0.05) is 12.1 Å². The minimum absolute atomic E-state index is 0.0180. The van der Waals surface area contributed by atoms with Crippen LogP contribution in [0.5, 0.6) is 0 Å². The van der Waals surface area contributed by atoms with Crippen LogP contribution in [-0.4, -0.2) is 23.8 Å². The predicted octanol–water partition coefficient (Wildman–Crippen LogP) is 1.35. The Kier molecular flexibility index (Phi) is 4.17. The molecule has 2 rings (SSSR count). The van der Waals surface area contributed by atoms with E-state index in [1.807, 2.05) is 25.1 Å². The normalized spacial score (nSPS) is 13.0. The SMILES string of the molecule is CCOC(CN)CCn1c(=O)oc2ccccc21. The molecule has 5 nitrogen and oxygen atoms in total. The molecular formula is C13H18N2O3. The first-order valence-corrected chi connectivity index (χ1v) is 6.16. The highest BCUT2D eigenvalue weighted by atomic mass is 16.5. The lowest BCUT2D eigenvalue weighted by Crippen LogP contribution is -2.27. The Morgan fingerprint density at radius 2 is 2.22 bits per heavy atom. The van der Waals surface area contributed by atoms with Crippen molar-refractivity contribution in [3.05, 3.63) is 34.8 Å². The molecule has 98 valence electrons. The molecule has 0 aliphatic rings. The molecule has 1 unspecified atom stereocenters. The average molecular weight is 250 g/mol. The summed E-state index contributed by atoms with van der Waals surface area (Å²) in [5, 5.41) is 0. The fourth-order valence-electron chi connectivity index (χ4n) is 2.00. The van der Waals surface area contributed by atoms with E-state index in [-0.39, 0.29) is 11.9 Å². The van der Waals surface area contributed by atoms with Gasteiger partial charge in [0.05, 0.1) is 11.6 Å². The zero-order valence-corrected chi connectivity index (χ0v) is 10.5. The Balaban J connectivity index is 2.16. The number of nitrogens with zero attached hydrogens (tertiary/aromatic N) is 1. The summed E-state index contributed by atoms with van der Waals surface area (Å²) in [5.74, 6) is -0.330. The Bertz CT molecular complexity index is 559. The van der Waals surface area contributed by atoms with Gasteiger partial charge >= 0.3 is 5.76 Å². The molecule has 1 aromatic heterocycles. The van der Waals surface area contributed by atoms with Crippen molar-refractivity contribution >= 4 is 11.1 Å². The Morgan fingerprint density at radius 1 is 1.44 bits per heavy atom. The van der Waals surface area contributed by atoms with Crippen molar-refractivity contribution in [1.82, 2.24) is 4.57 Å². The minimum atomic E-state index is -0.330. The van der Waals surface area contributed by atoms with Crippen molar-refractivity contribution < 1.29 is 9.15 Å². The first kappa shape index (κ1) is 12.9. The monoisotopic (exact) mass is 250 g/mol. The van der Waals surface area contributed by atoms with Gasteiger partial charge < -0.3 is 14.9 Å². The molecule has 2 N–H and O–H groups in total. The van der Waals surface area contributed by atoms with Gasteiger partial charge in [-0.15, -0.1) is 0 Å². The van der Waals surface area contributed by atoms with Crippen LogP contribution < -0.4 is 11.5 Å². The van der Waals surface area contributed by atoms with Gasteiger partial charge in [0.1, 0.15) is 0 Å².